The van der Waals surface area contributed by atoms with Crippen LogP contribution in [0.4, 0.5) is 0 Å². The Morgan fingerprint density at radius 1 is 1.30 bits per heavy atom. The van der Waals surface area contributed by atoms with Gasteiger partial charge in [-0.3, -0.25) is 9.59 Å². The molecule has 0 aliphatic heterocycles. The fourth-order valence-electron chi connectivity index (χ4n) is 2.91. The number of hydrogen-bond donors (Lipinski definition) is 2. The number of aromatic nitrogens is 1. The van der Waals surface area contributed by atoms with E-state index in [0.717, 1.165) is 16.1 Å². The van der Waals surface area contributed by atoms with Gasteiger partial charge in [0.15, 0.2) is 0 Å². The first-order chi connectivity index (χ1) is 11.0. The van der Waals surface area contributed by atoms with Crippen molar-refractivity contribution in [2.45, 2.75) is 32.2 Å². The Labute approximate surface area is 138 Å². The van der Waals surface area contributed by atoms with E-state index in [0.29, 0.717) is 25.0 Å². The molecule has 2 atom stereocenters. The molecule has 0 saturated heterocycles. The molecule has 1 aromatic heterocycles. The highest BCUT2D eigenvalue weighted by Gasteiger charge is 2.31. The average molecular weight is 330 g/mol. The zero-order valence-corrected chi connectivity index (χ0v) is 13.6. The average Bonchev–Trinajstić information content (AvgIpc) is 3.16. The Bertz CT molecular complexity index is 741. The largest absolute Gasteiger partial charge is 0.481 e. The minimum atomic E-state index is -0.780. The number of carbonyl (C=O) groups is 2. The van der Waals surface area contributed by atoms with Gasteiger partial charge >= 0.3 is 5.97 Å². The second kappa shape index (κ2) is 6.50. The molecule has 6 heteroatoms. The summed E-state index contributed by atoms with van der Waals surface area (Å²) in [5.74, 6) is -1.35. The van der Waals surface area contributed by atoms with Gasteiger partial charge in [-0.15, -0.1) is 11.3 Å². The fraction of sp³-hybridized carbons (Fsp3) is 0.353. The Hall–Kier alpha value is -2.21. The van der Waals surface area contributed by atoms with Crippen LogP contribution in [0.2, 0.25) is 0 Å². The van der Waals surface area contributed by atoms with E-state index < -0.39 is 5.97 Å². The van der Waals surface area contributed by atoms with Crippen LogP contribution in [-0.4, -0.2) is 28.0 Å². The zero-order chi connectivity index (χ0) is 16.4. The van der Waals surface area contributed by atoms with E-state index in [2.05, 4.69) is 10.3 Å². The number of aliphatic carboxylic acids is 1. The van der Waals surface area contributed by atoms with Gasteiger partial charge in [-0.25, -0.2) is 4.98 Å². The Morgan fingerprint density at radius 2 is 2.09 bits per heavy atom. The van der Waals surface area contributed by atoms with Gasteiger partial charge in [-0.05, 0) is 31.7 Å². The second-order valence-corrected chi connectivity index (χ2v) is 6.73. The number of thiazole rings is 1. The monoisotopic (exact) mass is 330 g/mol. The predicted molar refractivity (Wildman–Crippen MR) is 88.5 cm³/mol. The Balaban J connectivity index is 1.68. The highest BCUT2D eigenvalue weighted by Crippen LogP contribution is 2.28. The molecule has 2 N–H and O–H groups in total. The molecule has 2 aromatic rings. The molecule has 1 saturated carbocycles. The van der Waals surface area contributed by atoms with Crippen molar-refractivity contribution in [2.24, 2.45) is 5.92 Å². The number of benzene rings is 1. The van der Waals surface area contributed by atoms with Crippen molar-refractivity contribution in [2.75, 3.05) is 0 Å². The summed E-state index contributed by atoms with van der Waals surface area (Å²) >= 11 is 1.44. The fourth-order valence-corrected chi connectivity index (χ4v) is 3.80. The summed E-state index contributed by atoms with van der Waals surface area (Å²) in [5.41, 5.74) is 2.55. The van der Waals surface area contributed by atoms with Crippen LogP contribution in [0.5, 0.6) is 0 Å². The number of hydrogen-bond acceptors (Lipinski definition) is 4. The summed E-state index contributed by atoms with van der Waals surface area (Å²) < 4.78 is 0. The summed E-state index contributed by atoms with van der Waals surface area (Å²) in [6, 6.07) is 7.85. The summed E-state index contributed by atoms with van der Waals surface area (Å²) in [6.45, 7) is 2.01. The lowest BCUT2D eigenvalue weighted by atomic mass is 10.1. The standard InChI is InChI=1S/C17H18N2O3S/c1-10-4-2-3-5-13(10)16-19-14(9-23-16)15(20)18-12-7-6-11(8-12)17(21)22/h2-5,9,11-12H,6-8H2,1H3,(H,18,20)(H,21,22)/t11-,12+/m0/s1. The third-order valence-corrected chi connectivity index (χ3v) is 5.10. The molecule has 0 spiro atoms. The molecule has 1 heterocycles. The van der Waals surface area contributed by atoms with Crippen LogP contribution in [0.1, 0.15) is 35.3 Å². The van der Waals surface area contributed by atoms with E-state index in [1.807, 2.05) is 31.2 Å². The lowest BCUT2D eigenvalue weighted by Gasteiger charge is -2.11. The van der Waals surface area contributed by atoms with Crippen LogP contribution in [0.25, 0.3) is 10.6 Å². The number of aryl methyl sites for hydroxylation is 1. The highest BCUT2D eigenvalue weighted by molar-refractivity contribution is 7.13. The van der Waals surface area contributed by atoms with Crippen molar-refractivity contribution < 1.29 is 14.7 Å². The Morgan fingerprint density at radius 3 is 2.78 bits per heavy atom. The van der Waals surface area contributed by atoms with Crippen molar-refractivity contribution in [1.29, 1.82) is 0 Å². The topological polar surface area (TPSA) is 79.3 Å². The first kappa shape index (κ1) is 15.7. The molecule has 120 valence electrons. The molecule has 0 radical (unpaired) electrons. The molecule has 0 unspecified atom stereocenters. The van der Waals surface area contributed by atoms with Gasteiger partial charge in [0.25, 0.3) is 5.91 Å². The van der Waals surface area contributed by atoms with E-state index in [1.165, 1.54) is 11.3 Å². The number of carboxylic acid groups (broad SMARTS) is 1. The first-order valence-corrected chi connectivity index (χ1v) is 8.47. The number of amides is 1. The van der Waals surface area contributed by atoms with E-state index in [1.54, 1.807) is 5.38 Å². The number of nitrogens with zero attached hydrogens (tertiary/aromatic N) is 1. The van der Waals surface area contributed by atoms with E-state index in [-0.39, 0.29) is 17.9 Å². The highest BCUT2D eigenvalue weighted by atomic mass is 32.1. The molecule has 23 heavy (non-hydrogen) atoms. The maximum absolute atomic E-state index is 12.3. The molecule has 5 nitrogen and oxygen atoms in total. The molecule has 0 bridgehead atoms. The number of carboxylic acids is 1. The molecule has 1 amide bonds. The van der Waals surface area contributed by atoms with Crippen molar-refractivity contribution in [3.05, 3.63) is 40.9 Å². The van der Waals surface area contributed by atoms with Gasteiger partial charge in [0.1, 0.15) is 10.7 Å². The molecule has 1 aliphatic rings. The lowest BCUT2D eigenvalue weighted by molar-refractivity contribution is -0.141. The quantitative estimate of drug-likeness (QED) is 0.903. The third-order valence-electron chi connectivity index (χ3n) is 4.23. The lowest BCUT2D eigenvalue weighted by Crippen LogP contribution is -2.33. The molecule has 3 rings (SSSR count). The van der Waals surface area contributed by atoms with Gasteiger partial charge in [-0.1, -0.05) is 24.3 Å². The van der Waals surface area contributed by atoms with E-state index in [9.17, 15) is 9.59 Å². The Kier molecular flexibility index (Phi) is 4.43. The summed E-state index contributed by atoms with van der Waals surface area (Å²) in [4.78, 5) is 27.7. The molecule has 1 aliphatic carbocycles. The van der Waals surface area contributed by atoms with E-state index in [4.69, 9.17) is 5.11 Å². The summed E-state index contributed by atoms with van der Waals surface area (Å²) in [5, 5.41) is 14.5. The second-order valence-electron chi connectivity index (χ2n) is 5.87. The normalized spacial score (nSPS) is 20.4. The maximum Gasteiger partial charge on any atom is 0.306 e. The van der Waals surface area contributed by atoms with Crippen LogP contribution in [-0.2, 0) is 4.79 Å². The summed E-state index contributed by atoms with van der Waals surface area (Å²) in [6.07, 6.45) is 1.82. The first-order valence-electron chi connectivity index (χ1n) is 7.60. The number of nitrogens with one attached hydrogen (secondary N) is 1. The zero-order valence-electron chi connectivity index (χ0n) is 12.8. The third kappa shape index (κ3) is 3.42. The van der Waals surface area contributed by atoms with Gasteiger partial charge in [0, 0.05) is 17.0 Å². The van der Waals surface area contributed by atoms with Crippen LogP contribution < -0.4 is 5.32 Å². The molecular formula is C17H18N2O3S. The van der Waals surface area contributed by atoms with Crippen LogP contribution in [0, 0.1) is 12.8 Å². The van der Waals surface area contributed by atoms with Crippen molar-refractivity contribution in [3.63, 3.8) is 0 Å². The van der Waals surface area contributed by atoms with Crippen LogP contribution in [0.3, 0.4) is 0 Å². The van der Waals surface area contributed by atoms with Crippen molar-refractivity contribution in [1.82, 2.24) is 10.3 Å². The van der Waals surface area contributed by atoms with Crippen LogP contribution in [0.15, 0.2) is 29.6 Å². The van der Waals surface area contributed by atoms with Crippen molar-refractivity contribution >= 4 is 23.2 Å². The number of rotatable bonds is 4. The minimum Gasteiger partial charge on any atom is -0.481 e. The minimum absolute atomic E-state index is 0.0767. The summed E-state index contributed by atoms with van der Waals surface area (Å²) in [7, 11) is 0. The van der Waals surface area contributed by atoms with Gasteiger partial charge in [0.2, 0.25) is 0 Å². The van der Waals surface area contributed by atoms with Crippen LogP contribution >= 0.6 is 11.3 Å². The van der Waals surface area contributed by atoms with E-state index >= 15 is 0 Å². The number of carbonyl (C=O) groups excluding carboxylic acids is 1. The van der Waals surface area contributed by atoms with Gasteiger partial charge in [0.05, 0.1) is 5.92 Å². The van der Waals surface area contributed by atoms with Gasteiger partial charge in [-0.2, -0.15) is 0 Å². The predicted octanol–water partition coefficient (Wildman–Crippen LogP) is 3.10. The maximum atomic E-state index is 12.3. The molecular weight excluding hydrogens is 312 g/mol. The SMILES string of the molecule is Cc1ccccc1-c1nc(C(=O)N[C@@H]2CC[C@H](C(=O)O)C2)cs1. The van der Waals surface area contributed by atoms with Crippen molar-refractivity contribution in [3.8, 4) is 10.6 Å². The smallest absolute Gasteiger partial charge is 0.306 e. The molecule has 1 fully saturated rings. The van der Waals surface area contributed by atoms with Gasteiger partial charge < -0.3 is 10.4 Å². The molecule has 1 aromatic carbocycles.